The van der Waals surface area contributed by atoms with Gasteiger partial charge in [-0.05, 0) is 105 Å². The van der Waals surface area contributed by atoms with Crippen molar-refractivity contribution >= 4 is 28.8 Å². The van der Waals surface area contributed by atoms with Gasteiger partial charge in [-0.1, -0.05) is 23.7 Å². The maximum absolute atomic E-state index is 13.5. The van der Waals surface area contributed by atoms with Crippen LogP contribution in [0.4, 0.5) is 11.4 Å². The van der Waals surface area contributed by atoms with E-state index in [-0.39, 0.29) is 24.5 Å². The van der Waals surface area contributed by atoms with Gasteiger partial charge < -0.3 is 24.6 Å². The van der Waals surface area contributed by atoms with E-state index in [9.17, 15) is 4.79 Å². The Morgan fingerprint density at radius 3 is 2.36 bits per heavy atom. The molecular formula is C32H38ClN3O3. The van der Waals surface area contributed by atoms with Crippen LogP contribution in [0.3, 0.4) is 0 Å². The largest absolute Gasteiger partial charge is 0.493 e. The van der Waals surface area contributed by atoms with Gasteiger partial charge in [0.05, 0.1) is 25.8 Å². The molecule has 3 aromatic rings. The Hall–Kier alpha value is -3.22. The fourth-order valence-electron chi connectivity index (χ4n) is 5.75. The first-order valence-corrected chi connectivity index (χ1v) is 14.2. The number of fused-ring (bicyclic) bond motifs is 1. The number of anilines is 2. The highest BCUT2D eigenvalue weighted by molar-refractivity contribution is 6.30. The molecule has 0 aliphatic carbocycles. The second-order valence-electron chi connectivity index (χ2n) is 10.9. The second-order valence-corrected chi connectivity index (χ2v) is 11.3. The molecule has 2 aliphatic heterocycles. The van der Waals surface area contributed by atoms with E-state index in [4.69, 9.17) is 21.1 Å². The SMILES string of the molecule is COc1cc2c(cc1OC(C)C)C(c1ccc(Cl)cc1)N(c1ccc(N(C)CC3CCNCC3)cc1)CC2=O. The molecule has 0 saturated carbocycles. The van der Waals surface area contributed by atoms with Gasteiger partial charge in [-0.25, -0.2) is 0 Å². The molecule has 6 nitrogen and oxygen atoms in total. The standard InChI is InChI=1S/C32H38ClN3O3/c1-21(2)39-31-18-28-27(17-30(31)38-4)29(37)20-36(32(28)23-5-7-24(33)8-6-23)26-11-9-25(10-12-26)35(3)19-22-13-15-34-16-14-22/h5-12,17-18,21-22,32,34H,13-16,19-20H2,1-4H3. The molecule has 2 aliphatic rings. The Morgan fingerprint density at radius 1 is 1.03 bits per heavy atom. The van der Waals surface area contributed by atoms with Crippen LogP contribution in [0.15, 0.2) is 60.7 Å². The van der Waals surface area contributed by atoms with Crippen LogP contribution in [0.2, 0.25) is 5.02 Å². The van der Waals surface area contributed by atoms with Crippen molar-refractivity contribution in [3.8, 4) is 11.5 Å². The Kier molecular flexibility index (Phi) is 8.34. The van der Waals surface area contributed by atoms with Gasteiger partial charge in [0.2, 0.25) is 0 Å². The molecule has 0 bridgehead atoms. The number of ketones is 1. The number of benzene rings is 3. The number of nitrogens with zero attached hydrogens (tertiary/aromatic N) is 2. The summed E-state index contributed by atoms with van der Waals surface area (Å²) in [6.07, 6.45) is 2.40. The van der Waals surface area contributed by atoms with Crippen LogP contribution in [0.25, 0.3) is 0 Å². The molecule has 3 aromatic carbocycles. The number of ether oxygens (including phenoxy) is 2. The number of rotatable bonds is 8. The Morgan fingerprint density at radius 2 is 1.72 bits per heavy atom. The number of methoxy groups -OCH3 is 1. The minimum atomic E-state index is -0.186. The molecule has 7 heteroatoms. The second kappa shape index (κ2) is 11.9. The molecule has 0 radical (unpaired) electrons. The molecular weight excluding hydrogens is 510 g/mol. The van der Waals surface area contributed by atoms with Crippen LogP contribution >= 0.6 is 11.6 Å². The van der Waals surface area contributed by atoms with Crippen molar-refractivity contribution in [2.75, 3.05) is 50.1 Å². The van der Waals surface area contributed by atoms with Gasteiger partial charge in [-0.2, -0.15) is 0 Å². The van der Waals surface area contributed by atoms with Gasteiger partial charge in [0.15, 0.2) is 17.3 Å². The highest BCUT2D eigenvalue weighted by Crippen LogP contribution is 2.43. The number of Topliss-reactive ketones (excluding diaryl/α,β-unsaturated/α-hetero) is 1. The van der Waals surface area contributed by atoms with Gasteiger partial charge in [-0.15, -0.1) is 0 Å². The third-order valence-electron chi connectivity index (χ3n) is 7.72. The first-order chi connectivity index (χ1) is 18.8. The van der Waals surface area contributed by atoms with E-state index in [1.165, 1.54) is 18.5 Å². The van der Waals surface area contributed by atoms with Crippen LogP contribution in [0.1, 0.15) is 54.2 Å². The van der Waals surface area contributed by atoms with Crippen molar-refractivity contribution in [3.63, 3.8) is 0 Å². The van der Waals surface area contributed by atoms with Crippen molar-refractivity contribution < 1.29 is 14.3 Å². The number of hydrogen-bond acceptors (Lipinski definition) is 6. The summed E-state index contributed by atoms with van der Waals surface area (Å²) in [5, 5.41) is 4.13. The summed E-state index contributed by atoms with van der Waals surface area (Å²) in [5.74, 6) is 1.97. The normalized spacial score (nSPS) is 17.7. The molecule has 2 heterocycles. The number of nitrogens with one attached hydrogen (secondary N) is 1. The number of carbonyl (C=O) groups is 1. The van der Waals surface area contributed by atoms with Crippen LogP contribution in [-0.4, -0.2) is 52.2 Å². The van der Waals surface area contributed by atoms with Crippen molar-refractivity contribution in [1.82, 2.24) is 5.32 Å². The Labute approximate surface area is 236 Å². The fourth-order valence-corrected chi connectivity index (χ4v) is 5.87. The smallest absolute Gasteiger partial charge is 0.182 e. The summed E-state index contributed by atoms with van der Waals surface area (Å²) in [6, 6.07) is 20.1. The van der Waals surface area contributed by atoms with E-state index in [2.05, 4.69) is 46.4 Å². The van der Waals surface area contributed by atoms with E-state index in [1.54, 1.807) is 7.11 Å². The molecule has 1 atom stereocenters. The van der Waals surface area contributed by atoms with Crippen molar-refractivity contribution in [2.24, 2.45) is 5.92 Å². The van der Waals surface area contributed by atoms with Gasteiger partial charge in [0, 0.05) is 35.6 Å². The maximum atomic E-state index is 13.5. The summed E-state index contributed by atoms with van der Waals surface area (Å²) in [4.78, 5) is 18.0. The zero-order chi connectivity index (χ0) is 27.5. The minimum Gasteiger partial charge on any atom is -0.493 e. The van der Waals surface area contributed by atoms with Crippen LogP contribution < -0.4 is 24.6 Å². The van der Waals surface area contributed by atoms with E-state index in [0.29, 0.717) is 28.0 Å². The van der Waals surface area contributed by atoms with E-state index in [1.807, 2.05) is 50.2 Å². The molecule has 0 amide bonds. The highest BCUT2D eigenvalue weighted by Gasteiger charge is 2.35. The lowest BCUT2D eigenvalue weighted by Gasteiger charge is -2.39. The lowest BCUT2D eigenvalue weighted by molar-refractivity contribution is 0.0989. The van der Waals surface area contributed by atoms with Crippen LogP contribution in [-0.2, 0) is 0 Å². The van der Waals surface area contributed by atoms with Gasteiger partial charge in [0.25, 0.3) is 0 Å². The van der Waals surface area contributed by atoms with Gasteiger partial charge in [0.1, 0.15) is 0 Å². The molecule has 39 heavy (non-hydrogen) atoms. The predicted octanol–water partition coefficient (Wildman–Crippen LogP) is 6.36. The van der Waals surface area contributed by atoms with Crippen LogP contribution in [0.5, 0.6) is 11.5 Å². The van der Waals surface area contributed by atoms with E-state index >= 15 is 0 Å². The highest BCUT2D eigenvalue weighted by atomic mass is 35.5. The maximum Gasteiger partial charge on any atom is 0.182 e. The predicted molar refractivity (Wildman–Crippen MR) is 159 cm³/mol. The van der Waals surface area contributed by atoms with Gasteiger partial charge in [-0.3, -0.25) is 4.79 Å². The third kappa shape index (κ3) is 6.02. The third-order valence-corrected chi connectivity index (χ3v) is 7.97. The molecule has 0 aromatic heterocycles. The number of piperidine rings is 1. The van der Waals surface area contributed by atoms with Crippen LogP contribution in [0, 0.1) is 5.92 Å². The van der Waals surface area contributed by atoms with Crippen molar-refractivity contribution in [3.05, 3.63) is 82.4 Å². The van der Waals surface area contributed by atoms with E-state index < -0.39 is 0 Å². The molecule has 1 unspecified atom stereocenters. The monoisotopic (exact) mass is 547 g/mol. The molecule has 5 rings (SSSR count). The Bertz CT molecular complexity index is 1290. The summed E-state index contributed by atoms with van der Waals surface area (Å²) in [7, 11) is 3.77. The first kappa shape index (κ1) is 27.4. The summed E-state index contributed by atoms with van der Waals surface area (Å²) >= 11 is 6.25. The topological polar surface area (TPSA) is 54.0 Å². The summed E-state index contributed by atoms with van der Waals surface area (Å²) < 4.78 is 11.7. The fraction of sp³-hybridized carbons (Fsp3) is 0.406. The average molecular weight is 548 g/mol. The number of halogens is 1. The average Bonchev–Trinajstić information content (AvgIpc) is 2.93. The zero-order valence-electron chi connectivity index (χ0n) is 23.2. The Balaban J connectivity index is 1.51. The lowest BCUT2D eigenvalue weighted by atomic mass is 9.86. The molecule has 1 saturated heterocycles. The summed E-state index contributed by atoms with van der Waals surface area (Å²) in [5.41, 5.74) is 4.80. The molecule has 1 N–H and O–H groups in total. The zero-order valence-corrected chi connectivity index (χ0v) is 24.0. The molecule has 1 fully saturated rings. The number of hydrogen-bond donors (Lipinski definition) is 1. The lowest BCUT2D eigenvalue weighted by Crippen LogP contribution is -2.40. The minimum absolute atomic E-state index is 0.0317. The number of carbonyl (C=O) groups excluding carboxylic acids is 1. The quantitative estimate of drug-likeness (QED) is 0.354. The first-order valence-electron chi connectivity index (χ1n) is 13.8. The van der Waals surface area contributed by atoms with Gasteiger partial charge >= 0.3 is 0 Å². The van der Waals surface area contributed by atoms with Crippen molar-refractivity contribution in [2.45, 2.75) is 38.8 Å². The van der Waals surface area contributed by atoms with Crippen molar-refractivity contribution in [1.29, 1.82) is 0 Å². The molecule has 0 spiro atoms. The molecule has 206 valence electrons. The van der Waals surface area contributed by atoms with E-state index in [0.717, 1.165) is 36.4 Å². The summed E-state index contributed by atoms with van der Waals surface area (Å²) in [6.45, 7) is 7.48.